The maximum Gasteiger partial charge on any atom is 0.161 e. The molecule has 0 bridgehead atoms. The molecule has 11 rings (SSSR count). The molecule has 0 aliphatic rings. The SMILES string of the molecule is c1ccc(-c2ccc(-c3ccc(-c4nc(-c5ccccc5)c5ccccc5n4)c4c3oc3c(-c5ccc6oc7ccccc7c6c5)cccc34)cc2)cc1. The third-order valence-corrected chi connectivity index (χ3v) is 10.5. The Labute approximate surface area is 310 Å². The van der Waals surface area contributed by atoms with E-state index in [1.807, 2.05) is 36.4 Å². The van der Waals surface area contributed by atoms with Crippen LogP contribution in [-0.2, 0) is 0 Å². The summed E-state index contributed by atoms with van der Waals surface area (Å²) in [6, 6.07) is 63.1. The van der Waals surface area contributed by atoms with Crippen LogP contribution in [-0.4, -0.2) is 9.97 Å². The second kappa shape index (κ2) is 12.1. The third kappa shape index (κ3) is 4.85. The lowest BCUT2D eigenvalue weighted by atomic mass is 9.95. The molecular weight excluding hydrogens is 661 g/mol. The molecule has 0 radical (unpaired) electrons. The van der Waals surface area contributed by atoms with Crippen LogP contribution in [0.5, 0.6) is 0 Å². The van der Waals surface area contributed by atoms with Gasteiger partial charge in [0.25, 0.3) is 0 Å². The van der Waals surface area contributed by atoms with Gasteiger partial charge in [0.05, 0.1) is 11.2 Å². The zero-order valence-corrected chi connectivity index (χ0v) is 29.0. The molecule has 8 aromatic carbocycles. The molecule has 3 heterocycles. The number of hydrogen-bond acceptors (Lipinski definition) is 4. The smallest absolute Gasteiger partial charge is 0.161 e. The van der Waals surface area contributed by atoms with Crippen LogP contribution < -0.4 is 0 Å². The van der Waals surface area contributed by atoms with Gasteiger partial charge in [-0.15, -0.1) is 0 Å². The van der Waals surface area contributed by atoms with Crippen molar-refractivity contribution >= 4 is 54.8 Å². The Balaban J connectivity index is 1.17. The molecule has 0 N–H and O–H groups in total. The van der Waals surface area contributed by atoms with Crippen LogP contribution in [0.2, 0.25) is 0 Å². The summed E-state index contributed by atoms with van der Waals surface area (Å²) >= 11 is 0. The topological polar surface area (TPSA) is 52.1 Å². The lowest BCUT2D eigenvalue weighted by Crippen LogP contribution is -1.96. The Morgan fingerprint density at radius 2 is 0.944 bits per heavy atom. The van der Waals surface area contributed by atoms with E-state index in [1.54, 1.807) is 0 Å². The molecule has 0 saturated heterocycles. The van der Waals surface area contributed by atoms with E-state index in [-0.39, 0.29) is 0 Å². The van der Waals surface area contributed by atoms with E-state index in [0.717, 1.165) is 93.9 Å². The fourth-order valence-electron chi connectivity index (χ4n) is 7.92. The highest BCUT2D eigenvalue weighted by Crippen LogP contribution is 2.45. The first-order valence-electron chi connectivity index (χ1n) is 18.2. The highest BCUT2D eigenvalue weighted by Gasteiger charge is 2.22. The summed E-state index contributed by atoms with van der Waals surface area (Å²) in [5, 5.41) is 5.18. The molecule has 54 heavy (non-hydrogen) atoms. The molecule has 252 valence electrons. The minimum Gasteiger partial charge on any atom is -0.456 e. The first-order chi connectivity index (χ1) is 26.8. The van der Waals surface area contributed by atoms with Crippen LogP contribution >= 0.6 is 0 Å². The molecule has 0 aliphatic carbocycles. The lowest BCUT2D eigenvalue weighted by Gasteiger charge is -2.12. The molecule has 3 aromatic heterocycles. The molecule has 0 amide bonds. The monoisotopic (exact) mass is 690 g/mol. The van der Waals surface area contributed by atoms with Gasteiger partial charge in [0, 0.05) is 49.2 Å². The van der Waals surface area contributed by atoms with Crippen LogP contribution in [0.15, 0.2) is 191 Å². The Bertz CT molecular complexity index is 3200. The van der Waals surface area contributed by atoms with Crippen molar-refractivity contribution in [2.75, 3.05) is 0 Å². The Morgan fingerprint density at radius 1 is 0.333 bits per heavy atom. The zero-order valence-electron chi connectivity index (χ0n) is 29.0. The van der Waals surface area contributed by atoms with Crippen molar-refractivity contribution in [2.45, 2.75) is 0 Å². The average Bonchev–Trinajstić information content (AvgIpc) is 3.83. The van der Waals surface area contributed by atoms with E-state index in [0.29, 0.717) is 5.82 Å². The number of fused-ring (bicyclic) bond motifs is 7. The number of benzene rings is 8. The molecule has 0 aliphatic heterocycles. The number of nitrogens with zero attached hydrogens (tertiary/aromatic N) is 2. The normalized spacial score (nSPS) is 11.7. The van der Waals surface area contributed by atoms with Crippen LogP contribution in [0.4, 0.5) is 0 Å². The van der Waals surface area contributed by atoms with Gasteiger partial charge in [-0.3, -0.25) is 0 Å². The number of rotatable bonds is 5. The second-order valence-corrected chi connectivity index (χ2v) is 13.7. The van der Waals surface area contributed by atoms with E-state index < -0.39 is 0 Å². The first-order valence-corrected chi connectivity index (χ1v) is 18.2. The molecule has 0 saturated carbocycles. The second-order valence-electron chi connectivity index (χ2n) is 13.7. The van der Waals surface area contributed by atoms with Crippen molar-refractivity contribution in [3.8, 4) is 56.0 Å². The molecule has 0 unspecified atom stereocenters. The number of aromatic nitrogens is 2. The minimum absolute atomic E-state index is 0.655. The van der Waals surface area contributed by atoms with Crippen molar-refractivity contribution in [2.24, 2.45) is 0 Å². The largest absolute Gasteiger partial charge is 0.456 e. The van der Waals surface area contributed by atoms with Gasteiger partial charge < -0.3 is 8.83 Å². The van der Waals surface area contributed by atoms with Crippen molar-refractivity contribution < 1.29 is 8.83 Å². The Hall–Kier alpha value is -7.30. The molecule has 0 fully saturated rings. The van der Waals surface area contributed by atoms with Crippen molar-refractivity contribution in [1.82, 2.24) is 9.97 Å². The van der Waals surface area contributed by atoms with Gasteiger partial charge in [0.15, 0.2) is 5.82 Å². The Morgan fingerprint density at radius 3 is 1.78 bits per heavy atom. The zero-order chi connectivity index (χ0) is 35.6. The number of furan rings is 2. The fraction of sp³-hybridized carbons (Fsp3) is 0. The highest BCUT2D eigenvalue weighted by molar-refractivity contribution is 6.19. The summed E-state index contributed by atoms with van der Waals surface area (Å²) in [5.41, 5.74) is 13.6. The Kier molecular flexibility index (Phi) is 6.82. The number of hydrogen-bond donors (Lipinski definition) is 0. The lowest BCUT2D eigenvalue weighted by molar-refractivity contribution is 0.668. The van der Waals surface area contributed by atoms with Gasteiger partial charge >= 0.3 is 0 Å². The van der Waals surface area contributed by atoms with Crippen molar-refractivity contribution in [1.29, 1.82) is 0 Å². The quantitative estimate of drug-likeness (QED) is 0.180. The summed E-state index contributed by atoms with van der Waals surface area (Å²) in [6.07, 6.45) is 0. The van der Waals surface area contributed by atoms with Crippen molar-refractivity contribution in [3.05, 3.63) is 182 Å². The molecule has 0 atom stereocenters. The summed E-state index contributed by atoms with van der Waals surface area (Å²) < 4.78 is 13.3. The molecule has 4 heteroatoms. The molecular formula is C50H30N2O2. The summed E-state index contributed by atoms with van der Waals surface area (Å²) in [6.45, 7) is 0. The van der Waals surface area contributed by atoms with Gasteiger partial charge in [-0.25, -0.2) is 9.97 Å². The predicted octanol–water partition coefficient (Wildman–Crippen LogP) is 13.8. The summed E-state index contributed by atoms with van der Waals surface area (Å²) in [4.78, 5) is 10.5. The molecule has 0 spiro atoms. The third-order valence-electron chi connectivity index (χ3n) is 10.5. The van der Waals surface area contributed by atoms with E-state index in [2.05, 4.69) is 146 Å². The van der Waals surface area contributed by atoms with Gasteiger partial charge in [-0.1, -0.05) is 146 Å². The van der Waals surface area contributed by atoms with Crippen LogP contribution in [0, 0.1) is 0 Å². The maximum atomic E-state index is 7.10. The van der Waals surface area contributed by atoms with Gasteiger partial charge in [-0.05, 0) is 58.7 Å². The van der Waals surface area contributed by atoms with Crippen LogP contribution in [0.25, 0.3) is 111 Å². The maximum absolute atomic E-state index is 7.10. The minimum atomic E-state index is 0.655. The van der Waals surface area contributed by atoms with E-state index in [4.69, 9.17) is 18.8 Å². The van der Waals surface area contributed by atoms with Crippen LogP contribution in [0.3, 0.4) is 0 Å². The molecule has 11 aromatic rings. The van der Waals surface area contributed by atoms with Gasteiger partial charge in [0.1, 0.15) is 22.3 Å². The summed E-state index contributed by atoms with van der Waals surface area (Å²) in [5.74, 6) is 0.655. The van der Waals surface area contributed by atoms with Gasteiger partial charge in [-0.2, -0.15) is 0 Å². The highest BCUT2D eigenvalue weighted by atomic mass is 16.3. The van der Waals surface area contributed by atoms with E-state index >= 15 is 0 Å². The van der Waals surface area contributed by atoms with E-state index in [9.17, 15) is 0 Å². The predicted molar refractivity (Wildman–Crippen MR) is 221 cm³/mol. The number of para-hydroxylation sites is 3. The first kappa shape index (κ1) is 30.3. The van der Waals surface area contributed by atoms with Crippen LogP contribution in [0.1, 0.15) is 0 Å². The van der Waals surface area contributed by atoms with E-state index in [1.165, 1.54) is 11.1 Å². The fourth-order valence-corrected chi connectivity index (χ4v) is 7.92. The summed E-state index contributed by atoms with van der Waals surface area (Å²) in [7, 11) is 0. The van der Waals surface area contributed by atoms with Gasteiger partial charge in [0.2, 0.25) is 0 Å². The van der Waals surface area contributed by atoms with Crippen molar-refractivity contribution in [3.63, 3.8) is 0 Å². The molecule has 4 nitrogen and oxygen atoms in total. The average molecular weight is 691 g/mol. The standard InChI is InChI=1S/C50H30N2O2/c1-3-12-31(13-4-1)32-22-24-33(25-23-32)37-27-28-41(50-51-43-20-9-7-17-39(43)47(52-50)34-14-5-2-6-15-34)46-40-19-11-18-36(48(40)54-49(37)46)35-26-29-45-42(30-35)38-16-8-10-21-44(38)53-45/h1-30H.